The Morgan fingerprint density at radius 1 is 1.44 bits per heavy atom. The van der Waals surface area contributed by atoms with E-state index in [1.165, 1.54) is 0 Å². The lowest BCUT2D eigenvalue weighted by Crippen LogP contribution is -2.10. The maximum absolute atomic E-state index is 8.04. The van der Waals surface area contributed by atoms with Crippen LogP contribution in [0.4, 0.5) is 0 Å². The number of benzene rings is 1. The molecule has 5 heteroatoms. The van der Waals surface area contributed by atoms with Gasteiger partial charge in [-0.1, -0.05) is 29.1 Å². The van der Waals surface area contributed by atoms with Crippen molar-refractivity contribution in [2.45, 2.75) is 6.42 Å². The van der Waals surface area contributed by atoms with Gasteiger partial charge in [0.2, 0.25) is 0 Å². The minimum absolute atomic E-state index is 0.0443. The molecule has 0 saturated heterocycles. The number of nitrogens with zero attached hydrogens (tertiary/aromatic N) is 3. The summed E-state index contributed by atoms with van der Waals surface area (Å²) in [5, 5.41) is 10.6. The van der Waals surface area contributed by atoms with E-state index in [0.717, 1.165) is 5.56 Å². The van der Waals surface area contributed by atoms with Crippen LogP contribution >= 0.6 is 0 Å². The lowest BCUT2D eigenvalue weighted by Gasteiger charge is -1.96. The molecule has 0 unspecified atom stereocenters. The third-order valence-electron chi connectivity index (χ3n) is 1.83. The molecule has 5 nitrogen and oxygen atoms in total. The summed E-state index contributed by atoms with van der Waals surface area (Å²) in [6.07, 6.45) is 0.540. The number of nitrogens with two attached hydrogens (primary N) is 1. The normalized spacial score (nSPS) is 8.50. The average Bonchev–Trinajstić information content (AvgIpc) is 2.29. The van der Waals surface area contributed by atoms with Crippen molar-refractivity contribution in [3.63, 3.8) is 0 Å². The fraction of sp³-hybridized carbons (Fsp3) is 0.182. The molecule has 0 aliphatic heterocycles. The van der Waals surface area contributed by atoms with Crippen LogP contribution in [-0.2, 0) is 0 Å². The Morgan fingerprint density at radius 2 is 2.12 bits per heavy atom. The molecule has 16 heavy (non-hydrogen) atoms. The standard InChI is InChI=1S/C11H11N5/c12-11(13)10-6-4-9(5-7-10)3-1-2-8-15-16-14/h4-7H,2,8H2,(H3,12,13). The predicted octanol–water partition coefficient (Wildman–Crippen LogP) is 2.02. The molecule has 0 bridgehead atoms. The number of amidine groups is 1. The molecule has 0 aliphatic carbocycles. The van der Waals surface area contributed by atoms with Gasteiger partial charge in [0.25, 0.3) is 0 Å². The van der Waals surface area contributed by atoms with Crippen LogP contribution in [0.3, 0.4) is 0 Å². The second-order valence-electron chi connectivity index (χ2n) is 3.00. The topological polar surface area (TPSA) is 98.6 Å². The van der Waals surface area contributed by atoms with E-state index in [-0.39, 0.29) is 5.84 Å². The Morgan fingerprint density at radius 3 is 2.69 bits per heavy atom. The largest absolute Gasteiger partial charge is 0.384 e. The zero-order valence-electron chi connectivity index (χ0n) is 8.64. The molecule has 0 saturated carbocycles. The predicted molar refractivity (Wildman–Crippen MR) is 63.0 cm³/mol. The Kier molecular flexibility index (Phi) is 4.45. The third kappa shape index (κ3) is 3.74. The van der Waals surface area contributed by atoms with Crippen molar-refractivity contribution in [2.75, 3.05) is 6.54 Å². The van der Waals surface area contributed by atoms with E-state index in [0.29, 0.717) is 18.5 Å². The molecule has 0 spiro atoms. The Balaban J connectivity index is 2.61. The monoisotopic (exact) mass is 213 g/mol. The van der Waals surface area contributed by atoms with E-state index in [4.69, 9.17) is 16.7 Å². The van der Waals surface area contributed by atoms with Crippen LogP contribution in [0.2, 0.25) is 0 Å². The number of azide groups is 1. The van der Waals surface area contributed by atoms with Crippen LogP contribution in [0.5, 0.6) is 0 Å². The second-order valence-corrected chi connectivity index (χ2v) is 3.00. The maximum atomic E-state index is 8.04. The first kappa shape index (κ1) is 11.6. The van der Waals surface area contributed by atoms with Gasteiger partial charge in [0.05, 0.1) is 0 Å². The number of hydrogen-bond acceptors (Lipinski definition) is 2. The number of hydrogen-bond donors (Lipinski definition) is 2. The van der Waals surface area contributed by atoms with Crippen LogP contribution in [0.1, 0.15) is 17.5 Å². The molecule has 3 N–H and O–H groups in total. The lowest BCUT2D eigenvalue weighted by atomic mass is 10.1. The molecule has 0 radical (unpaired) electrons. The van der Waals surface area contributed by atoms with Gasteiger partial charge in [-0.2, -0.15) is 0 Å². The third-order valence-corrected chi connectivity index (χ3v) is 1.83. The van der Waals surface area contributed by atoms with Crippen molar-refractivity contribution >= 4 is 5.84 Å². The second kappa shape index (κ2) is 6.12. The van der Waals surface area contributed by atoms with Gasteiger partial charge in [-0.25, -0.2) is 0 Å². The SMILES string of the molecule is [N-]=[N+]=NCCC#Cc1ccc(C(=N)N)cc1. The van der Waals surface area contributed by atoms with Crippen molar-refractivity contribution in [2.24, 2.45) is 10.8 Å². The highest BCUT2D eigenvalue weighted by Crippen LogP contribution is 2.02. The number of rotatable bonds is 3. The molecule has 0 atom stereocenters. The first-order valence-corrected chi connectivity index (χ1v) is 4.68. The summed E-state index contributed by atoms with van der Waals surface area (Å²) >= 11 is 0. The highest BCUT2D eigenvalue weighted by atomic mass is 15.1. The van der Waals surface area contributed by atoms with Gasteiger partial charge in [-0.05, 0) is 17.7 Å². The maximum Gasteiger partial charge on any atom is 0.122 e. The summed E-state index contributed by atoms with van der Waals surface area (Å²) in [6.45, 7) is 0.384. The van der Waals surface area contributed by atoms with E-state index in [2.05, 4.69) is 21.9 Å². The van der Waals surface area contributed by atoms with Crippen molar-refractivity contribution in [3.8, 4) is 11.8 Å². The summed E-state index contributed by atoms with van der Waals surface area (Å²) in [5.41, 5.74) is 14.9. The minimum atomic E-state index is 0.0443. The zero-order valence-corrected chi connectivity index (χ0v) is 8.64. The molecule has 0 aromatic heterocycles. The molecule has 0 heterocycles. The van der Waals surface area contributed by atoms with E-state index in [1.54, 1.807) is 24.3 Å². The van der Waals surface area contributed by atoms with Crippen LogP contribution in [0.15, 0.2) is 29.4 Å². The zero-order chi connectivity index (χ0) is 11.8. The van der Waals surface area contributed by atoms with Crippen LogP contribution in [0.25, 0.3) is 10.4 Å². The molecule has 1 aromatic rings. The Hall–Kier alpha value is -2.44. The number of nitrogen functional groups attached to an aromatic ring is 1. The van der Waals surface area contributed by atoms with Gasteiger partial charge in [-0.3, -0.25) is 5.41 Å². The summed E-state index contributed by atoms with van der Waals surface area (Å²) in [6, 6.07) is 7.11. The van der Waals surface area contributed by atoms with E-state index >= 15 is 0 Å². The molecule has 0 fully saturated rings. The average molecular weight is 213 g/mol. The summed E-state index contributed by atoms with van der Waals surface area (Å²) in [7, 11) is 0. The van der Waals surface area contributed by atoms with Crippen molar-refractivity contribution in [3.05, 3.63) is 45.8 Å². The molecular weight excluding hydrogens is 202 g/mol. The van der Waals surface area contributed by atoms with Gasteiger partial charge in [-0.15, -0.1) is 0 Å². The van der Waals surface area contributed by atoms with E-state index < -0.39 is 0 Å². The van der Waals surface area contributed by atoms with Crippen molar-refractivity contribution in [1.82, 2.24) is 0 Å². The fourth-order valence-corrected chi connectivity index (χ4v) is 1.05. The molecule has 80 valence electrons. The molecule has 0 amide bonds. The minimum Gasteiger partial charge on any atom is -0.384 e. The summed E-state index contributed by atoms with van der Waals surface area (Å²) in [4.78, 5) is 2.63. The molecule has 0 aliphatic rings. The first-order valence-electron chi connectivity index (χ1n) is 4.68. The summed E-state index contributed by atoms with van der Waals surface area (Å²) in [5.74, 6) is 5.85. The van der Waals surface area contributed by atoms with Gasteiger partial charge in [0, 0.05) is 29.0 Å². The highest BCUT2D eigenvalue weighted by Gasteiger charge is 1.93. The van der Waals surface area contributed by atoms with E-state index in [1.807, 2.05) is 0 Å². The lowest BCUT2D eigenvalue weighted by molar-refractivity contribution is 1.01. The molecule has 1 rings (SSSR count). The van der Waals surface area contributed by atoms with Crippen LogP contribution in [0, 0.1) is 17.3 Å². The van der Waals surface area contributed by atoms with Crippen LogP contribution in [-0.4, -0.2) is 12.4 Å². The Bertz CT molecular complexity index is 471. The van der Waals surface area contributed by atoms with Crippen molar-refractivity contribution in [1.29, 1.82) is 5.41 Å². The molecular formula is C11H11N5. The summed E-state index contributed by atoms with van der Waals surface area (Å²) < 4.78 is 0. The van der Waals surface area contributed by atoms with Gasteiger partial charge >= 0.3 is 0 Å². The van der Waals surface area contributed by atoms with Gasteiger partial charge < -0.3 is 5.73 Å². The fourth-order valence-electron chi connectivity index (χ4n) is 1.05. The van der Waals surface area contributed by atoms with Crippen LogP contribution < -0.4 is 5.73 Å². The first-order chi connectivity index (χ1) is 7.74. The number of nitrogens with one attached hydrogen (secondary N) is 1. The highest BCUT2D eigenvalue weighted by molar-refractivity contribution is 5.94. The van der Waals surface area contributed by atoms with E-state index in [9.17, 15) is 0 Å². The smallest absolute Gasteiger partial charge is 0.122 e. The molecule has 1 aromatic carbocycles. The van der Waals surface area contributed by atoms with Gasteiger partial charge in [0.15, 0.2) is 0 Å². The van der Waals surface area contributed by atoms with Gasteiger partial charge in [0.1, 0.15) is 5.84 Å². The van der Waals surface area contributed by atoms with Crippen molar-refractivity contribution < 1.29 is 0 Å². The quantitative estimate of drug-likeness (QED) is 0.150. The Labute approximate surface area is 93.4 Å².